The Hall–Kier alpha value is 0. The van der Waals surface area contributed by atoms with Crippen molar-refractivity contribution in [1.82, 2.24) is 0 Å². The van der Waals surface area contributed by atoms with Crippen LogP contribution in [0, 0.1) is 29.6 Å². The van der Waals surface area contributed by atoms with Crippen LogP contribution < -0.4 is 0 Å². The van der Waals surface area contributed by atoms with Gasteiger partial charge in [-0.15, -0.1) is 0 Å². The lowest BCUT2D eigenvalue weighted by atomic mass is 9.82. The Morgan fingerprint density at radius 1 is 1.00 bits per heavy atom. The van der Waals surface area contributed by atoms with E-state index in [-0.39, 0.29) is 0 Å². The third kappa shape index (κ3) is 0.878. The molecule has 0 spiro atoms. The predicted octanol–water partition coefficient (Wildman–Crippen LogP) is 3.32. The van der Waals surface area contributed by atoms with E-state index >= 15 is 0 Å². The molecule has 0 aliphatic heterocycles. The van der Waals surface area contributed by atoms with Gasteiger partial charge in [-0.3, -0.25) is 0 Å². The van der Waals surface area contributed by atoms with Crippen molar-refractivity contribution >= 4 is 0 Å². The first kappa shape index (κ1) is 7.64. The standard InChI is InChI=1S/C11H20/c1-4-9-10-5-6-11(9)8(3)7(10)2/h7-11H,4-6H2,1-3H3/t7-,8?,9?,10+,11?/m0/s1. The van der Waals surface area contributed by atoms with Crippen molar-refractivity contribution in [2.75, 3.05) is 0 Å². The molecular weight excluding hydrogens is 132 g/mol. The zero-order valence-electron chi connectivity index (χ0n) is 8.01. The van der Waals surface area contributed by atoms with Gasteiger partial charge in [-0.1, -0.05) is 27.2 Å². The Balaban J connectivity index is 2.17. The number of fused-ring (bicyclic) bond motifs is 2. The highest BCUT2D eigenvalue weighted by atomic mass is 14.5. The second-order valence-corrected chi connectivity index (χ2v) is 4.70. The second-order valence-electron chi connectivity index (χ2n) is 4.70. The summed E-state index contributed by atoms with van der Waals surface area (Å²) >= 11 is 0. The Kier molecular flexibility index (Phi) is 1.74. The van der Waals surface area contributed by atoms with E-state index in [1.54, 1.807) is 0 Å². The van der Waals surface area contributed by atoms with E-state index in [0.29, 0.717) is 0 Å². The molecule has 2 aliphatic carbocycles. The van der Waals surface area contributed by atoms with Crippen LogP contribution in [-0.2, 0) is 0 Å². The first-order valence-electron chi connectivity index (χ1n) is 5.25. The summed E-state index contributed by atoms with van der Waals surface area (Å²) in [6, 6.07) is 0. The highest BCUT2D eigenvalue weighted by Crippen LogP contribution is 2.56. The van der Waals surface area contributed by atoms with Gasteiger partial charge >= 0.3 is 0 Å². The fraction of sp³-hybridized carbons (Fsp3) is 1.00. The van der Waals surface area contributed by atoms with Gasteiger partial charge in [0.05, 0.1) is 0 Å². The van der Waals surface area contributed by atoms with Gasteiger partial charge in [-0.25, -0.2) is 0 Å². The van der Waals surface area contributed by atoms with Crippen LogP contribution in [0.1, 0.15) is 40.0 Å². The Labute approximate surface area is 70.4 Å². The van der Waals surface area contributed by atoms with Crippen molar-refractivity contribution in [3.63, 3.8) is 0 Å². The molecule has 3 unspecified atom stereocenters. The molecule has 0 radical (unpaired) electrons. The van der Waals surface area contributed by atoms with Crippen LogP contribution in [0.3, 0.4) is 0 Å². The molecule has 0 nitrogen and oxygen atoms in total. The van der Waals surface area contributed by atoms with E-state index in [9.17, 15) is 0 Å². The average molecular weight is 152 g/mol. The molecule has 2 aliphatic rings. The lowest BCUT2D eigenvalue weighted by molar-refractivity contribution is 0.259. The molecule has 2 bridgehead atoms. The van der Waals surface area contributed by atoms with Crippen molar-refractivity contribution in [2.45, 2.75) is 40.0 Å². The lowest BCUT2D eigenvalue weighted by Crippen LogP contribution is -2.15. The van der Waals surface area contributed by atoms with Gasteiger partial charge in [0.1, 0.15) is 0 Å². The van der Waals surface area contributed by atoms with Crippen molar-refractivity contribution in [3.05, 3.63) is 0 Å². The minimum absolute atomic E-state index is 1.03. The van der Waals surface area contributed by atoms with E-state index in [0.717, 1.165) is 29.6 Å². The smallest absolute Gasteiger partial charge is 0.0355 e. The van der Waals surface area contributed by atoms with E-state index in [1.165, 1.54) is 19.3 Å². The predicted molar refractivity (Wildman–Crippen MR) is 48.3 cm³/mol. The number of rotatable bonds is 1. The zero-order chi connectivity index (χ0) is 8.01. The van der Waals surface area contributed by atoms with Crippen molar-refractivity contribution in [1.29, 1.82) is 0 Å². The normalized spacial score (nSPS) is 55.4. The minimum Gasteiger partial charge on any atom is -0.0651 e. The van der Waals surface area contributed by atoms with Gasteiger partial charge in [-0.05, 0) is 42.4 Å². The number of hydrogen-bond donors (Lipinski definition) is 0. The summed E-state index contributed by atoms with van der Waals surface area (Å²) < 4.78 is 0. The highest BCUT2D eigenvalue weighted by Gasteiger charge is 2.49. The molecule has 0 saturated heterocycles. The van der Waals surface area contributed by atoms with Gasteiger partial charge in [0.2, 0.25) is 0 Å². The minimum atomic E-state index is 1.03. The van der Waals surface area contributed by atoms with E-state index in [1.807, 2.05) is 0 Å². The first-order valence-corrected chi connectivity index (χ1v) is 5.25. The molecule has 0 N–H and O–H groups in total. The van der Waals surface area contributed by atoms with Crippen LogP contribution in [0.2, 0.25) is 0 Å². The maximum absolute atomic E-state index is 2.47. The highest BCUT2D eigenvalue weighted by molar-refractivity contribution is 4.98. The van der Waals surface area contributed by atoms with E-state index in [2.05, 4.69) is 20.8 Å². The maximum atomic E-state index is 2.47. The van der Waals surface area contributed by atoms with E-state index < -0.39 is 0 Å². The van der Waals surface area contributed by atoms with Gasteiger partial charge in [0.25, 0.3) is 0 Å². The van der Waals surface area contributed by atoms with Crippen molar-refractivity contribution in [3.8, 4) is 0 Å². The van der Waals surface area contributed by atoms with Crippen LogP contribution in [0.4, 0.5) is 0 Å². The SMILES string of the molecule is CCC1C2CC[C@@H]1[C@@H](C)C2C. The van der Waals surface area contributed by atoms with Gasteiger partial charge < -0.3 is 0 Å². The topological polar surface area (TPSA) is 0 Å². The molecule has 2 fully saturated rings. The summed E-state index contributed by atoms with van der Waals surface area (Å²) in [7, 11) is 0. The summed E-state index contributed by atoms with van der Waals surface area (Å²) in [5, 5.41) is 0. The zero-order valence-corrected chi connectivity index (χ0v) is 8.01. The summed E-state index contributed by atoms with van der Waals surface area (Å²) in [6.45, 7) is 7.31. The molecule has 64 valence electrons. The molecule has 5 atom stereocenters. The molecule has 0 aromatic heterocycles. The fourth-order valence-electron chi connectivity index (χ4n) is 3.82. The molecule has 0 aromatic rings. The number of hydrogen-bond acceptors (Lipinski definition) is 0. The third-order valence-corrected chi connectivity index (χ3v) is 4.58. The third-order valence-electron chi connectivity index (χ3n) is 4.58. The van der Waals surface area contributed by atoms with Crippen LogP contribution in [0.25, 0.3) is 0 Å². The maximum Gasteiger partial charge on any atom is -0.0355 e. The van der Waals surface area contributed by atoms with Gasteiger partial charge in [0.15, 0.2) is 0 Å². The van der Waals surface area contributed by atoms with Crippen LogP contribution in [-0.4, -0.2) is 0 Å². The molecule has 0 amide bonds. The lowest BCUT2D eigenvalue weighted by Gasteiger charge is -2.23. The molecule has 2 rings (SSSR count). The van der Waals surface area contributed by atoms with Crippen LogP contribution >= 0.6 is 0 Å². The Morgan fingerprint density at radius 3 is 1.73 bits per heavy atom. The summed E-state index contributed by atoms with van der Waals surface area (Å²) in [5.41, 5.74) is 0. The molecule has 0 heterocycles. The van der Waals surface area contributed by atoms with Crippen LogP contribution in [0.5, 0.6) is 0 Å². The largest absolute Gasteiger partial charge is 0.0651 e. The molecule has 11 heavy (non-hydrogen) atoms. The molecule has 0 heteroatoms. The van der Waals surface area contributed by atoms with Crippen LogP contribution in [0.15, 0.2) is 0 Å². The molecule has 2 saturated carbocycles. The van der Waals surface area contributed by atoms with Gasteiger partial charge in [-0.2, -0.15) is 0 Å². The van der Waals surface area contributed by atoms with Gasteiger partial charge in [0, 0.05) is 0 Å². The average Bonchev–Trinajstić information content (AvgIpc) is 2.50. The van der Waals surface area contributed by atoms with Crippen molar-refractivity contribution in [2.24, 2.45) is 29.6 Å². The summed E-state index contributed by atoms with van der Waals surface area (Å²) in [4.78, 5) is 0. The van der Waals surface area contributed by atoms with Crippen molar-refractivity contribution < 1.29 is 0 Å². The summed E-state index contributed by atoms with van der Waals surface area (Å²) in [5.74, 6) is 5.34. The summed E-state index contributed by atoms with van der Waals surface area (Å²) in [6.07, 6.45) is 4.51. The van der Waals surface area contributed by atoms with E-state index in [4.69, 9.17) is 0 Å². The molecule has 0 aromatic carbocycles. The first-order chi connectivity index (χ1) is 5.25. The molecular formula is C11H20. The Morgan fingerprint density at radius 2 is 1.45 bits per heavy atom. The fourth-order valence-corrected chi connectivity index (χ4v) is 3.82. The monoisotopic (exact) mass is 152 g/mol. The second kappa shape index (κ2) is 2.50. The Bertz CT molecular complexity index is 134. The quantitative estimate of drug-likeness (QED) is 0.540.